The van der Waals surface area contributed by atoms with Gasteiger partial charge in [0, 0.05) is 12.1 Å². The number of methoxy groups -OCH3 is 1. The molecule has 0 aromatic heterocycles. The van der Waals surface area contributed by atoms with Crippen molar-refractivity contribution in [1.82, 2.24) is 5.32 Å². The molecule has 0 heterocycles. The molecule has 0 aliphatic carbocycles. The molecule has 0 radical (unpaired) electrons. The highest BCUT2D eigenvalue weighted by atomic mass is 16.5. The average molecular weight is 283 g/mol. The van der Waals surface area contributed by atoms with Crippen molar-refractivity contribution in [2.75, 3.05) is 7.11 Å². The first-order valence-electron chi connectivity index (χ1n) is 7.48. The number of hydrogen-bond donors (Lipinski definition) is 1. The van der Waals surface area contributed by atoms with Gasteiger partial charge in [-0.1, -0.05) is 35.9 Å². The van der Waals surface area contributed by atoms with E-state index in [4.69, 9.17) is 4.74 Å². The van der Waals surface area contributed by atoms with Gasteiger partial charge in [0.1, 0.15) is 5.75 Å². The quantitative estimate of drug-likeness (QED) is 0.857. The van der Waals surface area contributed by atoms with Crippen LogP contribution in [0.2, 0.25) is 0 Å². The zero-order valence-electron chi connectivity index (χ0n) is 13.6. The third kappa shape index (κ3) is 3.85. The minimum absolute atomic E-state index is 0.297. The molecule has 2 unspecified atom stereocenters. The van der Waals surface area contributed by atoms with Crippen LogP contribution in [0.3, 0.4) is 0 Å². The third-order valence-electron chi connectivity index (χ3n) is 4.02. The van der Waals surface area contributed by atoms with Crippen LogP contribution in [0, 0.1) is 13.8 Å². The molecular formula is C19H25NO. The van der Waals surface area contributed by atoms with Crippen LogP contribution < -0.4 is 10.1 Å². The minimum atomic E-state index is 0.297. The Labute approximate surface area is 128 Å². The number of ether oxygens (including phenoxy) is 1. The van der Waals surface area contributed by atoms with E-state index in [1.54, 1.807) is 7.11 Å². The van der Waals surface area contributed by atoms with Crippen molar-refractivity contribution >= 4 is 0 Å². The van der Waals surface area contributed by atoms with Crippen molar-refractivity contribution in [1.29, 1.82) is 0 Å². The maximum absolute atomic E-state index is 5.21. The van der Waals surface area contributed by atoms with Crippen molar-refractivity contribution in [3.8, 4) is 5.75 Å². The Morgan fingerprint density at radius 1 is 0.905 bits per heavy atom. The summed E-state index contributed by atoms with van der Waals surface area (Å²) in [4.78, 5) is 0. The van der Waals surface area contributed by atoms with Crippen molar-refractivity contribution in [2.45, 2.75) is 39.8 Å². The van der Waals surface area contributed by atoms with Gasteiger partial charge in [0.15, 0.2) is 0 Å². The van der Waals surface area contributed by atoms with Crippen LogP contribution in [0.25, 0.3) is 0 Å². The predicted octanol–water partition coefficient (Wildman–Crippen LogP) is 4.72. The van der Waals surface area contributed by atoms with Crippen molar-refractivity contribution in [3.63, 3.8) is 0 Å². The molecule has 0 aliphatic heterocycles. The molecule has 21 heavy (non-hydrogen) atoms. The molecular weight excluding hydrogens is 258 g/mol. The highest BCUT2D eigenvalue weighted by Gasteiger charge is 2.13. The maximum Gasteiger partial charge on any atom is 0.118 e. The summed E-state index contributed by atoms with van der Waals surface area (Å²) < 4.78 is 5.21. The molecule has 0 amide bonds. The lowest BCUT2D eigenvalue weighted by atomic mass is 9.98. The van der Waals surface area contributed by atoms with Crippen LogP contribution in [0.5, 0.6) is 5.75 Å². The summed E-state index contributed by atoms with van der Waals surface area (Å²) in [6, 6.07) is 15.5. The Kier molecular flexibility index (Phi) is 5.03. The monoisotopic (exact) mass is 283 g/mol. The molecule has 2 aromatic carbocycles. The zero-order valence-corrected chi connectivity index (χ0v) is 13.6. The predicted molar refractivity (Wildman–Crippen MR) is 88.9 cm³/mol. The highest BCUT2D eigenvalue weighted by molar-refractivity contribution is 5.33. The maximum atomic E-state index is 5.21. The summed E-state index contributed by atoms with van der Waals surface area (Å²) >= 11 is 0. The van der Waals surface area contributed by atoms with E-state index in [9.17, 15) is 0 Å². The first-order chi connectivity index (χ1) is 10.0. The highest BCUT2D eigenvalue weighted by Crippen LogP contribution is 2.24. The molecule has 0 bridgehead atoms. The van der Waals surface area contributed by atoms with Gasteiger partial charge >= 0.3 is 0 Å². The van der Waals surface area contributed by atoms with E-state index < -0.39 is 0 Å². The van der Waals surface area contributed by atoms with Crippen molar-refractivity contribution < 1.29 is 4.74 Å². The lowest BCUT2D eigenvalue weighted by molar-refractivity contribution is 0.414. The normalized spacial score (nSPS) is 13.8. The van der Waals surface area contributed by atoms with Gasteiger partial charge < -0.3 is 10.1 Å². The molecule has 1 N–H and O–H groups in total. The Morgan fingerprint density at radius 3 is 2.19 bits per heavy atom. The molecule has 2 nitrogen and oxygen atoms in total. The van der Waals surface area contributed by atoms with Crippen LogP contribution in [-0.2, 0) is 0 Å². The smallest absolute Gasteiger partial charge is 0.118 e. The molecule has 0 aliphatic rings. The Hall–Kier alpha value is -1.80. The van der Waals surface area contributed by atoms with Crippen LogP contribution >= 0.6 is 0 Å². The summed E-state index contributed by atoms with van der Waals surface area (Å²) in [5.74, 6) is 0.897. The van der Waals surface area contributed by atoms with E-state index in [0.717, 1.165) is 5.75 Å². The van der Waals surface area contributed by atoms with E-state index in [2.05, 4.69) is 63.3 Å². The summed E-state index contributed by atoms with van der Waals surface area (Å²) in [6.07, 6.45) is 0. The molecule has 2 rings (SSSR count). The number of nitrogens with one attached hydrogen (secondary N) is 1. The van der Waals surface area contributed by atoms with E-state index in [0.29, 0.717) is 12.1 Å². The molecule has 0 spiro atoms. The standard InChI is InChI=1S/C19H25NO/c1-13-6-7-14(2)19(12-13)16(4)20-15(3)17-8-10-18(21-5)11-9-17/h6-12,15-16,20H,1-5H3. The first-order valence-corrected chi connectivity index (χ1v) is 7.48. The number of aryl methyl sites for hydroxylation is 2. The topological polar surface area (TPSA) is 21.3 Å². The van der Waals surface area contributed by atoms with Crippen LogP contribution in [-0.4, -0.2) is 7.11 Å². The largest absolute Gasteiger partial charge is 0.497 e. The Morgan fingerprint density at radius 2 is 1.57 bits per heavy atom. The number of rotatable bonds is 5. The van der Waals surface area contributed by atoms with E-state index in [1.165, 1.54) is 22.3 Å². The van der Waals surface area contributed by atoms with Gasteiger partial charge in [-0.3, -0.25) is 0 Å². The van der Waals surface area contributed by atoms with E-state index >= 15 is 0 Å². The molecule has 0 fully saturated rings. The lowest BCUT2D eigenvalue weighted by Crippen LogP contribution is -2.23. The van der Waals surface area contributed by atoms with Gasteiger partial charge in [0.05, 0.1) is 7.11 Å². The number of benzene rings is 2. The second-order valence-electron chi connectivity index (χ2n) is 5.74. The summed E-state index contributed by atoms with van der Waals surface area (Å²) in [7, 11) is 1.69. The SMILES string of the molecule is COc1ccc(C(C)NC(C)c2cc(C)ccc2C)cc1. The van der Waals surface area contributed by atoms with Gasteiger partial charge in [0.2, 0.25) is 0 Å². The van der Waals surface area contributed by atoms with Gasteiger partial charge in [0.25, 0.3) is 0 Å². The van der Waals surface area contributed by atoms with Gasteiger partial charge in [-0.2, -0.15) is 0 Å². The van der Waals surface area contributed by atoms with Crippen molar-refractivity contribution in [3.05, 3.63) is 64.7 Å². The Bertz CT molecular complexity index is 589. The molecule has 2 aromatic rings. The molecule has 112 valence electrons. The second-order valence-corrected chi connectivity index (χ2v) is 5.74. The fourth-order valence-electron chi connectivity index (χ4n) is 2.68. The Balaban J connectivity index is 2.10. The van der Waals surface area contributed by atoms with E-state index in [-0.39, 0.29) is 0 Å². The van der Waals surface area contributed by atoms with E-state index in [1.807, 2.05) is 12.1 Å². The fourth-order valence-corrected chi connectivity index (χ4v) is 2.68. The molecule has 2 atom stereocenters. The third-order valence-corrected chi connectivity index (χ3v) is 4.02. The van der Waals surface area contributed by atoms with Crippen LogP contribution in [0.15, 0.2) is 42.5 Å². The first kappa shape index (κ1) is 15.6. The van der Waals surface area contributed by atoms with Gasteiger partial charge in [-0.25, -0.2) is 0 Å². The lowest BCUT2D eigenvalue weighted by Gasteiger charge is -2.22. The molecule has 0 saturated carbocycles. The zero-order chi connectivity index (χ0) is 15.4. The molecule has 0 saturated heterocycles. The minimum Gasteiger partial charge on any atom is -0.497 e. The average Bonchev–Trinajstić information content (AvgIpc) is 2.49. The van der Waals surface area contributed by atoms with Gasteiger partial charge in [-0.15, -0.1) is 0 Å². The summed E-state index contributed by atoms with van der Waals surface area (Å²) in [5.41, 5.74) is 5.28. The summed E-state index contributed by atoms with van der Waals surface area (Å²) in [5, 5.41) is 3.68. The fraction of sp³-hybridized carbons (Fsp3) is 0.368. The van der Waals surface area contributed by atoms with Crippen LogP contribution in [0.4, 0.5) is 0 Å². The van der Waals surface area contributed by atoms with Crippen molar-refractivity contribution in [2.24, 2.45) is 0 Å². The summed E-state index contributed by atoms with van der Waals surface area (Å²) in [6.45, 7) is 8.73. The molecule has 2 heteroatoms. The van der Waals surface area contributed by atoms with Crippen LogP contribution in [0.1, 0.15) is 48.2 Å². The van der Waals surface area contributed by atoms with Gasteiger partial charge in [-0.05, 0) is 56.5 Å². The number of hydrogen-bond acceptors (Lipinski definition) is 2. The second kappa shape index (κ2) is 6.77.